The van der Waals surface area contributed by atoms with Crippen LogP contribution in [-0.2, 0) is 15.1 Å². The minimum Gasteiger partial charge on any atom is -0.335 e. The molecule has 4 atom stereocenters. The van der Waals surface area contributed by atoms with Crippen LogP contribution in [0.1, 0.15) is 77.0 Å². The van der Waals surface area contributed by atoms with Crippen LogP contribution in [0.25, 0.3) is 0 Å². The van der Waals surface area contributed by atoms with Gasteiger partial charge in [0.15, 0.2) is 5.17 Å². The van der Waals surface area contributed by atoms with E-state index in [0.29, 0.717) is 40.3 Å². The van der Waals surface area contributed by atoms with Gasteiger partial charge in [0, 0.05) is 48.7 Å². The number of pyridine rings is 1. The van der Waals surface area contributed by atoms with Gasteiger partial charge in [-0.15, -0.1) is 0 Å². The highest BCUT2D eigenvalue weighted by molar-refractivity contribution is 8.18. The van der Waals surface area contributed by atoms with Crippen molar-refractivity contribution < 1.29 is 14.0 Å². The van der Waals surface area contributed by atoms with Gasteiger partial charge < -0.3 is 20.0 Å². The molecule has 2 aromatic rings. The van der Waals surface area contributed by atoms with E-state index in [-0.39, 0.29) is 34.3 Å². The molecular formula is C34H39Cl2FN6O2S. The second-order valence-corrected chi connectivity index (χ2v) is 15.4. The summed E-state index contributed by atoms with van der Waals surface area (Å²) >= 11 is 13.6. The largest absolute Gasteiger partial charge is 0.335 e. The molecule has 8 nitrogen and oxygen atoms in total. The number of thioether (sulfide) groups is 1. The van der Waals surface area contributed by atoms with Gasteiger partial charge in [-0.25, -0.2) is 14.4 Å². The number of hydrogen-bond acceptors (Lipinski definition) is 7. The highest BCUT2D eigenvalue weighted by Gasteiger charge is 2.55. The van der Waals surface area contributed by atoms with Crippen LogP contribution in [0.4, 0.5) is 4.39 Å². The lowest BCUT2D eigenvalue weighted by Gasteiger charge is -2.42. The molecule has 1 aliphatic carbocycles. The predicted octanol–water partition coefficient (Wildman–Crippen LogP) is 6.50. The van der Waals surface area contributed by atoms with E-state index in [1.807, 2.05) is 19.1 Å². The first-order valence-electron chi connectivity index (χ1n) is 16.2. The Morgan fingerprint density at radius 2 is 1.96 bits per heavy atom. The molecule has 4 aliphatic heterocycles. The summed E-state index contributed by atoms with van der Waals surface area (Å²) in [4.78, 5) is 44.8. The van der Waals surface area contributed by atoms with Crippen LogP contribution in [0, 0.1) is 11.7 Å². The van der Waals surface area contributed by atoms with Crippen LogP contribution in [0.5, 0.6) is 0 Å². The number of amidine groups is 1. The monoisotopic (exact) mass is 684 g/mol. The number of aromatic nitrogens is 1. The SMILES string of the molecule is CC[C@@H]1CNC2(CC2)CN1C(=O)[C@@H]1CCCN1C(=O)C1=C(C(C)C)N2C(=N[C@@](C)(c3ccc(Cl)nc3)[C@H]2c2ccc(Cl)c(F)c2)S1. The predicted molar refractivity (Wildman–Crippen MR) is 180 cm³/mol. The molecule has 5 heterocycles. The third kappa shape index (κ3) is 5.24. The normalized spacial score (nSPS) is 28.4. The summed E-state index contributed by atoms with van der Waals surface area (Å²) in [5.41, 5.74) is 1.50. The van der Waals surface area contributed by atoms with Crippen molar-refractivity contribution in [3.8, 4) is 0 Å². The van der Waals surface area contributed by atoms with E-state index in [0.717, 1.165) is 43.5 Å². The molecule has 5 aliphatic rings. The first kappa shape index (κ1) is 31.9. The number of nitrogens with zero attached hydrogens (tertiary/aromatic N) is 5. The summed E-state index contributed by atoms with van der Waals surface area (Å²) in [6.07, 6.45) is 6.19. The van der Waals surface area contributed by atoms with Crippen molar-refractivity contribution >= 4 is 51.9 Å². The number of halogens is 3. The number of aliphatic imine (C=N–C) groups is 1. The van der Waals surface area contributed by atoms with E-state index in [2.05, 4.69) is 40.9 Å². The number of likely N-dealkylation sites (tertiary alicyclic amines) is 1. The Morgan fingerprint density at radius 1 is 1.17 bits per heavy atom. The molecule has 3 fully saturated rings. The number of carbonyl (C=O) groups is 2. The minimum atomic E-state index is -0.864. The lowest BCUT2D eigenvalue weighted by atomic mass is 9.81. The Morgan fingerprint density at radius 3 is 2.61 bits per heavy atom. The third-order valence-corrected chi connectivity index (χ3v) is 11.9. The quantitative estimate of drug-likeness (QED) is 0.350. The molecule has 1 aromatic carbocycles. The number of piperazine rings is 1. The van der Waals surface area contributed by atoms with Crippen LogP contribution in [0.2, 0.25) is 10.2 Å². The van der Waals surface area contributed by atoms with E-state index in [1.54, 1.807) is 23.2 Å². The highest BCUT2D eigenvalue weighted by Crippen LogP contribution is 2.56. The van der Waals surface area contributed by atoms with E-state index in [4.69, 9.17) is 28.2 Å². The molecule has 0 radical (unpaired) electrons. The lowest BCUT2D eigenvalue weighted by molar-refractivity contribution is -0.145. The van der Waals surface area contributed by atoms with Crippen molar-refractivity contribution in [2.75, 3.05) is 19.6 Å². The number of fused-ring (bicyclic) bond motifs is 1. The van der Waals surface area contributed by atoms with Crippen molar-refractivity contribution in [3.63, 3.8) is 0 Å². The maximum atomic E-state index is 15.0. The molecule has 7 rings (SSSR count). The first-order valence-corrected chi connectivity index (χ1v) is 17.8. The van der Waals surface area contributed by atoms with Crippen molar-refractivity contribution in [2.24, 2.45) is 10.9 Å². The maximum absolute atomic E-state index is 15.0. The van der Waals surface area contributed by atoms with Crippen LogP contribution in [0.15, 0.2) is 52.1 Å². The zero-order valence-electron chi connectivity index (χ0n) is 26.5. The Balaban J connectivity index is 1.25. The van der Waals surface area contributed by atoms with Crippen molar-refractivity contribution in [1.82, 2.24) is 25.0 Å². The van der Waals surface area contributed by atoms with Gasteiger partial charge in [0.1, 0.15) is 27.5 Å². The highest BCUT2D eigenvalue weighted by atomic mass is 35.5. The molecule has 2 amide bonds. The van der Waals surface area contributed by atoms with Gasteiger partial charge in [0.25, 0.3) is 5.91 Å². The zero-order chi connectivity index (χ0) is 32.5. The molecule has 12 heteroatoms. The van der Waals surface area contributed by atoms with Gasteiger partial charge in [0.05, 0.1) is 11.1 Å². The Labute approximate surface area is 283 Å². The topological polar surface area (TPSA) is 81.1 Å². The van der Waals surface area contributed by atoms with Gasteiger partial charge in [0.2, 0.25) is 5.91 Å². The fraction of sp³-hybridized carbons (Fsp3) is 0.529. The Bertz CT molecular complexity index is 1650. The number of carbonyl (C=O) groups excluding carboxylic acids is 2. The molecule has 0 bridgehead atoms. The Kier molecular flexibility index (Phi) is 8.18. The fourth-order valence-electron chi connectivity index (χ4n) is 7.64. The summed E-state index contributed by atoms with van der Waals surface area (Å²) in [6.45, 7) is 10.3. The van der Waals surface area contributed by atoms with Gasteiger partial charge in [-0.1, -0.05) is 56.1 Å². The average Bonchev–Trinajstić information content (AvgIpc) is 3.34. The lowest BCUT2D eigenvalue weighted by Crippen LogP contribution is -2.62. The standard InChI is InChI=1S/C34H39Cl2FN6O2S/c1-5-22-17-39-34(12-13-34)18-42(22)30(44)25-7-6-14-41(25)31(45)28-27(19(2)3)43-29(20-8-10-23(35)24(37)15-20)33(4,40-32(43)46-28)21-9-11-26(36)38-16-21/h8-11,15-16,19,22,25,29,39H,5-7,12-14,17-18H2,1-4H3/t22-,25+,29-,33+/m1/s1. The number of benzene rings is 1. The van der Waals surface area contributed by atoms with Gasteiger partial charge in [-0.3, -0.25) is 9.59 Å². The number of nitrogens with one attached hydrogen (secondary N) is 1. The molecule has 1 N–H and O–H groups in total. The van der Waals surface area contributed by atoms with Crippen molar-refractivity contribution in [2.45, 2.75) is 89.0 Å². The summed E-state index contributed by atoms with van der Waals surface area (Å²) in [7, 11) is 0. The summed E-state index contributed by atoms with van der Waals surface area (Å²) < 4.78 is 15.0. The number of hydrogen-bond donors (Lipinski definition) is 1. The average molecular weight is 686 g/mol. The number of rotatable bonds is 6. The number of allylic oxidation sites excluding steroid dienone is 1. The fourth-order valence-corrected chi connectivity index (χ4v) is 9.23. The third-order valence-electron chi connectivity index (χ3n) is 10.4. The van der Waals surface area contributed by atoms with E-state index >= 15 is 0 Å². The molecule has 244 valence electrons. The summed E-state index contributed by atoms with van der Waals surface area (Å²) in [5, 5.41) is 4.73. The van der Waals surface area contributed by atoms with E-state index in [1.165, 1.54) is 17.8 Å². The van der Waals surface area contributed by atoms with Crippen molar-refractivity contribution in [3.05, 3.63) is 74.3 Å². The van der Waals surface area contributed by atoms with Crippen molar-refractivity contribution in [1.29, 1.82) is 0 Å². The maximum Gasteiger partial charge on any atom is 0.263 e. The molecule has 46 heavy (non-hydrogen) atoms. The second kappa shape index (κ2) is 11.8. The molecule has 1 spiro atoms. The molecule has 0 unspecified atom stereocenters. The summed E-state index contributed by atoms with van der Waals surface area (Å²) in [6, 6.07) is 7.61. The molecular weight excluding hydrogens is 646 g/mol. The minimum absolute atomic E-state index is 0.0381. The van der Waals surface area contributed by atoms with E-state index in [9.17, 15) is 14.0 Å². The first-order chi connectivity index (χ1) is 22.0. The van der Waals surface area contributed by atoms with Gasteiger partial charge >= 0.3 is 0 Å². The van der Waals surface area contributed by atoms with Crippen LogP contribution in [0.3, 0.4) is 0 Å². The number of amides is 2. The van der Waals surface area contributed by atoms with Crippen LogP contribution >= 0.6 is 35.0 Å². The molecule has 1 saturated carbocycles. The van der Waals surface area contributed by atoms with Crippen LogP contribution in [-0.4, -0.2) is 73.9 Å². The summed E-state index contributed by atoms with van der Waals surface area (Å²) in [5.74, 6) is -0.655. The van der Waals surface area contributed by atoms with Gasteiger partial charge in [-0.05, 0) is 80.5 Å². The molecule has 1 aromatic heterocycles. The second-order valence-electron chi connectivity index (χ2n) is 13.7. The van der Waals surface area contributed by atoms with E-state index < -0.39 is 23.4 Å². The van der Waals surface area contributed by atoms with Gasteiger partial charge in [-0.2, -0.15) is 0 Å². The van der Waals surface area contributed by atoms with Crippen LogP contribution < -0.4 is 5.32 Å². The Hall–Kier alpha value is -2.66. The smallest absolute Gasteiger partial charge is 0.263 e. The zero-order valence-corrected chi connectivity index (χ0v) is 28.9. The molecule has 2 saturated heterocycles.